The fourth-order valence-corrected chi connectivity index (χ4v) is 3.35. The first-order chi connectivity index (χ1) is 13.8. The van der Waals surface area contributed by atoms with Crippen LogP contribution in [0.1, 0.15) is 42.3 Å². The van der Waals surface area contributed by atoms with Crippen molar-refractivity contribution in [3.8, 4) is 11.5 Å². The van der Waals surface area contributed by atoms with Gasteiger partial charge in [-0.05, 0) is 56.7 Å². The number of hydrogen-bond acceptors (Lipinski definition) is 5. The molecule has 1 fully saturated rings. The van der Waals surface area contributed by atoms with E-state index in [0.717, 1.165) is 4.90 Å². The zero-order valence-corrected chi connectivity index (χ0v) is 16.9. The zero-order valence-electron chi connectivity index (χ0n) is 16.9. The van der Waals surface area contributed by atoms with Gasteiger partial charge < -0.3 is 14.8 Å². The molecule has 3 amide bonds. The summed E-state index contributed by atoms with van der Waals surface area (Å²) in [6, 6.07) is 11.5. The van der Waals surface area contributed by atoms with E-state index in [9.17, 15) is 14.4 Å². The van der Waals surface area contributed by atoms with Gasteiger partial charge in [-0.3, -0.25) is 14.5 Å². The summed E-state index contributed by atoms with van der Waals surface area (Å²) in [5, 5.41) is 2.78. The summed E-state index contributed by atoms with van der Waals surface area (Å²) in [5.74, 6) is 0.724. The maximum atomic E-state index is 13.2. The lowest BCUT2D eigenvalue weighted by Gasteiger charge is -2.23. The summed E-state index contributed by atoms with van der Waals surface area (Å²) in [6.07, 6.45) is 0. The number of amides is 3. The molecule has 7 heteroatoms. The molecule has 1 aliphatic rings. The maximum absolute atomic E-state index is 13.2. The molecule has 1 saturated heterocycles. The van der Waals surface area contributed by atoms with Crippen LogP contribution in [-0.4, -0.2) is 36.3 Å². The van der Waals surface area contributed by atoms with E-state index in [0.29, 0.717) is 34.8 Å². The average Bonchev–Trinajstić information content (AvgIpc) is 2.93. The van der Waals surface area contributed by atoms with E-state index in [-0.39, 0.29) is 18.2 Å². The van der Waals surface area contributed by atoms with Crippen LogP contribution >= 0.6 is 0 Å². The molecule has 1 N–H and O–H groups in total. The number of Topliss-reactive ketones (excluding diaryl/α,β-unsaturated/α-hetero) is 1. The highest BCUT2D eigenvalue weighted by Crippen LogP contribution is 2.32. The van der Waals surface area contributed by atoms with E-state index in [1.165, 1.54) is 6.92 Å². The summed E-state index contributed by atoms with van der Waals surface area (Å²) >= 11 is 0. The third kappa shape index (κ3) is 3.81. The van der Waals surface area contributed by atoms with Crippen LogP contribution < -0.4 is 14.8 Å². The Balaban J connectivity index is 1.92. The lowest BCUT2D eigenvalue weighted by Crippen LogP contribution is -2.40. The van der Waals surface area contributed by atoms with Crippen molar-refractivity contribution < 1.29 is 23.9 Å². The number of methoxy groups -OCH3 is 1. The van der Waals surface area contributed by atoms with E-state index in [1.54, 1.807) is 56.5 Å². The standard InChI is InChI=1S/C22H24N2O5/c1-5-29-19-11-6-15(14(2)25)12-16(19)13-24-20(26)22(3,23-21(24)27)17-7-9-18(28-4)10-8-17/h6-12H,5,13H2,1-4H3,(H,23,27)/t22-/m0/s1. The van der Waals surface area contributed by atoms with Crippen molar-refractivity contribution in [2.45, 2.75) is 32.9 Å². The predicted octanol–water partition coefficient (Wildman–Crippen LogP) is 3.26. The van der Waals surface area contributed by atoms with Crippen LogP contribution in [-0.2, 0) is 16.9 Å². The molecule has 1 atom stereocenters. The highest BCUT2D eigenvalue weighted by Gasteiger charge is 2.49. The number of urea groups is 1. The minimum Gasteiger partial charge on any atom is -0.497 e. The molecule has 7 nitrogen and oxygen atoms in total. The van der Waals surface area contributed by atoms with Crippen LogP contribution in [0.3, 0.4) is 0 Å². The van der Waals surface area contributed by atoms with Crippen LogP contribution in [0, 0.1) is 0 Å². The van der Waals surface area contributed by atoms with E-state index >= 15 is 0 Å². The molecule has 3 rings (SSSR count). The SMILES string of the molecule is CCOc1ccc(C(C)=O)cc1CN1C(=O)N[C@@](C)(c2ccc(OC)cc2)C1=O. The minimum absolute atomic E-state index is 0.00681. The molecule has 29 heavy (non-hydrogen) atoms. The largest absolute Gasteiger partial charge is 0.497 e. The molecule has 152 valence electrons. The van der Waals surface area contributed by atoms with E-state index in [2.05, 4.69) is 5.32 Å². The Hall–Kier alpha value is -3.35. The summed E-state index contributed by atoms with van der Waals surface area (Å²) in [7, 11) is 1.56. The Morgan fingerprint density at radius 3 is 2.41 bits per heavy atom. The quantitative estimate of drug-likeness (QED) is 0.574. The van der Waals surface area contributed by atoms with Crippen molar-refractivity contribution in [3.05, 3.63) is 59.2 Å². The molecule has 2 aromatic carbocycles. The smallest absolute Gasteiger partial charge is 0.325 e. The van der Waals surface area contributed by atoms with Gasteiger partial charge in [0, 0.05) is 11.1 Å². The second kappa shape index (κ2) is 7.95. The third-order valence-corrected chi connectivity index (χ3v) is 5.04. The lowest BCUT2D eigenvalue weighted by atomic mass is 9.92. The van der Waals surface area contributed by atoms with Gasteiger partial charge in [0.1, 0.15) is 17.0 Å². The molecule has 1 aliphatic heterocycles. The fourth-order valence-electron chi connectivity index (χ4n) is 3.35. The summed E-state index contributed by atoms with van der Waals surface area (Å²) in [5.41, 5.74) is 0.560. The van der Waals surface area contributed by atoms with Crippen molar-refractivity contribution >= 4 is 17.7 Å². The number of ketones is 1. The molecule has 1 heterocycles. The molecular weight excluding hydrogens is 372 g/mol. The molecule has 2 aromatic rings. The van der Waals surface area contributed by atoms with Gasteiger partial charge in [0.25, 0.3) is 5.91 Å². The van der Waals surface area contributed by atoms with Crippen molar-refractivity contribution in [1.82, 2.24) is 10.2 Å². The predicted molar refractivity (Wildman–Crippen MR) is 107 cm³/mol. The van der Waals surface area contributed by atoms with Crippen LogP contribution in [0.5, 0.6) is 11.5 Å². The van der Waals surface area contributed by atoms with Gasteiger partial charge in [-0.1, -0.05) is 12.1 Å². The summed E-state index contributed by atoms with van der Waals surface area (Å²) in [4.78, 5) is 38.7. The van der Waals surface area contributed by atoms with E-state index in [4.69, 9.17) is 9.47 Å². The van der Waals surface area contributed by atoms with Crippen molar-refractivity contribution in [1.29, 1.82) is 0 Å². The number of ether oxygens (including phenoxy) is 2. The van der Waals surface area contributed by atoms with Crippen molar-refractivity contribution in [2.24, 2.45) is 0 Å². The third-order valence-electron chi connectivity index (χ3n) is 5.04. The van der Waals surface area contributed by atoms with Gasteiger partial charge in [0.15, 0.2) is 5.78 Å². The Kier molecular flexibility index (Phi) is 5.59. The first-order valence-electron chi connectivity index (χ1n) is 9.35. The first kappa shape index (κ1) is 20.4. The van der Waals surface area contributed by atoms with Gasteiger partial charge in [0.05, 0.1) is 20.3 Å². The number of nitrogens with one attached hydrogen (secondary N) is 1. The molecule has 0 radical (unpaired) electrons. The number of hydrogen-bond donors (Lipinski definition) is 1. The number of carbonyl (C=O) groups is 3. The second-order valence-corrected chi connectivity index (χ2v) is 6.99. The number of imide groups is 1. The molecule has 0 unspecified atom stereocenters. The summed E-state index contributed by atoms with van der Waals surface area (Å²) in [6.45, 7) is 5.42. The lowest BCUT2D eigenvalue weighted by molar-refractivity contribution is -0.131. The Bertz CT molecular complexity index is 954. The number of nitrogens with zero attached hydrogens (tertiary/aromatic N) is 1. The molecule has 0 aromatic heterocycles. The Labute approximate surface area is 169 Å². The van der Waals surface area contributed by atoms with Gasteiger partial charge in [-0.15, -0.1) is 0 Å². The number of benzene rings is 2. The van der Waals surface area contributed by atoms with Gasteiger partial charge >= 0.3 is 6.03 Å². The highest BCUT2D eigenvalue weighted by atomic mass is 16.5. The molecule has 0 bridgehead atoms. The molecule has 0 aliphatic carbocycles. The van der Waals surface area contributed by atoms with Crippen LogP contribution in [0.4, 0.5) is 4.79 Å². The topological polar surface area (TPSA) is 84.9 Å². The fraction of sp³-hybridized carbons (Fsp3) is 0.318. The minimum atomic E-state index is -1.19. The Morgan fingerprint density at radius 2 is 1.83 bits per heavy atom. The monoisotopic (exact) mass is 396 g/mol. The van der Waals surface area contributed by atoms with Gasteiger partial charge in [-0.2, -0.15) is 0 Å². The highest BCUT2D eigenvalue weighted by molar-refractivity contribution is 6.07. The van der Waals surface area contributed by atoms with Gasteiger partial charge in [0.2, 0.25) is 0 Å². The molecule has 0 spiro atoms. The normalized spacial score (nSPS) is 18.6. The van der Waals surface area contributed by atoms with Crippen LogP contribution in [0.2, 0.25) is 0 Å². The molecule has 0 saturated carbocycles. The average molecular weight is 396 g/mol. The number of rotatable bonds is 7. The summed E-state index contributed by atoms with van der Waals surface area (Å²) < 4.78 is 10.8. The number of carbonyl (C=O) groups excluding carboxylic acids is 3. The van der Waals surface area contributed by atoms with Crippen LogP contribution in [0.15, 0.2) is 42.5 Å². The first-order valence-corrected chi connectivity index (χ1v) is 9.35. The van der Waals surface area contributed by atoms with E-state index in [1.807, 2.05) is 6.92 Å². The van der Waals surface area contributed by atoms with E-state index < -0.39 is 11.6 Å². The van der Waals surface area contributed by atoms with Crippen molar-refractivity contribution in [3.63, 3.8) is 0 Å². The van der Waals surface area contributed by atoms with Crippen LogP contribution in [0.25, 0.3) is 0 Å². The van der Waals surface area contributed by atoms with Gasteiger partial charge in [-0.25, -0.2) is 4.79 Å². The maximum Gasteiger partial charge on any atom is 0.325 e. The van der Waals surface area contributed by atoms with Crippen molar-refractivity contribution in [2.75, 3.05) is 13.7 Å². The molecular formula is C22H24N2O5. The zero-order chi connectivity index (χ0) is 21.2. The second-order valence-electron chi connectivity index (χ2n) is 6.99. The Morgan fingerprint density at radius 1 is 1.14 bits per heavy atom.